The van der Waals surface area contributed by atoms with E-state index < -0.39 is 11.6 Å². The van der Waals surface area contributed by atoms with Gasteiger partial charge >= 0.3 is 0 Å². The number of benzene rings is 1. The Morgan fingerprint density at radius 3 is 2.50 bits per heavy atom. The van der Waals surface area contributed by atoms with E-state index in [1.54, 1.807) is 6.07 Å². The molecule has 2 aromatic rings. The summed E-state index contributed by atoms with van der Waals surface area (Å²) in [4.78, 5) is 0. The van der Waals surface area contributed by atoms with Crippen LogP contribution >= 0.6 is 0 Å². The van der Waals surface area contributed by atoms with Crippen LogP contribution in [-0.2, 0) is 0 Å². The summed E-state index contributed by atoms with van der Waals surface area (Å²) < 4.78 is 35.2. The summed E-state index contributed by atoms with van der Waals surface area (Å²) in [5.41, 5.74) is 0. The van der Waals surface area contributed by atoms with Crippen LogP contribution in [0.25, 0.3) is 0 Å². The summed E-state index contributed by atoms with van der Waals surface area (Å²) in [6.45, 7) is 0. The van der Waals surface area contributed by atoms with Gasteiger partial charge in [0, 0.05) is 12.1 Å². The lowest BCUT2D eigenvalue weighted by molar-refractivity contribution is 0.451. The molecule has 0 spiro atoms. The van der Waals surface area contributed by atoms with Crippen LogP contribution in [0.15, 0.2) is 41.2 Å². The van der Waals surface area contributed by atoms with Crippen molar-refractivity contribution < 1.29 is 17.9 Å². The monoisotopic (exact) mass is 196 g/mol. The maximum absolute atomic E-state index is 12.7. The molecule has 72 valence electrons. The van der Waals surface area contributed by atoms with Crippen molar-refractivity contribution in [1.82, 2.24) is 0 Å². The van der Waals surface area contributed by atoms with Gasteiger partial charge in [-0.05, 0) is 12.1 Å². The standard InChI is InChI=1S/C10H6F2O2/c11-9-2-1-7(5-10(9)12)14-8-3-4-13-6-8/h1-6H. The molecule has 2 rings (SSSR count). The maximum Gasteiger partial charge on any atom is 0.165 e. The quantitative estimate of drug-likeness (QED) is 0.734. The van der Waals surface area contributed by atoms with Crippen LogP contribution in [0.2, 0.25) is 0 Å². The van der Waals surface area contributed by atoms with Crippen molar-refractivity contribution >= 4 is 0 Å². The first-order valence-electron chi connectivity index (χ1n) is 3.91. The highest BCUT2D eigenvalue weighted by atomic mass is 19.2. The topological polar surface area (TPSA) is 22.4 Å². The average Bonchev–Trinajstić information content (AvgIpc) is 2.64. The smallest absolute Gasteiger partial charge is 0.165 e. The lowest BCUT2D eigenvalue weighted by atomic mass is 10.3. The number of ether oxygens (including phenoxy) is 1. The Hall–Kier alpha value is -1.84. The molecule has 0 atom stereocenters. The third-order valence-corrected chi connectivity index (χ3v) is 1.62. The van der Waals surface area contributed by atoms with Crippen molar-refractivity contribution in [2.24, 2.45) is 0 Å². The summed E-state index contributed by atoms with van der Waals surface area (Å²) >= 11 is 0. The van der Waals surface area contributed by atoms with Crippen LogP contribution in [0, 0.1) is 11.6 Å². The van der Waals surface area contributed by atoms with Gasteiger partial charge in [-0.25, -0.2) is 8.78 Å². The van der Waals surface area contributed by atoms with Crippen LogP contribution in [0.1, 0.15) is 0 Å². The predicted molar refractivity (Wildman–Crippen MR) is 45.1 cm³/mol. The predicted octanol–water partition coefficient (Wildman–Crippen LogP) is 3.35. The zero-order chi connectivity index (χ0) is 9.97. The molecule has 2 nitrogen and oxygen atoms in total. The fourth-order valence-corrected chi connectivity index (χ4v) is 0.986. The Labute approximate surface area is 78.7 Å². The minimum absolute atomic E-state index is 0.227. The summed E-state index contributed by atoms with van der Waals surface area (Å²) in [6, 6.07) is 4.89. The first kappa shape index (κ1) is 8.74. The fourth-order valence-electron chi connectivity index (χ4n) is 0.986. The van der Waals surface area contributed by atoms with E-state index in [1.807, 2.05) is 0 Å². The molecule has 0 aliphatic heterocycles. The van der Waals surface area contributed by atoms with Gasteiger partial charge in [0.05, 0.1) is 6.26 Å². The first-order chi connectivity index (χ1) is 6.75. The number of hydrogen-bond acceptors (Lipinski definition) is 2. The van der Waals surface area contributed by atoms with Gasteiger partial charge in [-0.1, -0.05) is 0 Å². The molecule has 0 N–H and O–H groups in total. The summed E-state index contributed by atoms with van der Waals surface area (Å²) in [7, 11) is 0. The Balaban J connectivity index is 2.22. The molecule has 4 heteroatoms. The molecule has 0 aliphatic rings. The SMILES string of the molecule is Fc1ccc(Oc2ccoc2)cc1F. The lowest BCUT2D eigenvalue weighted by Gasteiger charge is -2.01. The van der Waals surface area contributed by atoms with E-state index in [4.69, 9.17) is 9.15 Å². The highest BCUT2D eigenvalue weighted by molar-refractivity contribution is 5.29. The molecule has 1 aromatic carbocycles. The van der Waals surface area contributed by atoms with E-state index in [0.717, 1.165) is 12.1 Å². The maximum atomic E-state index is 12.7. The number of halogens is 2. The van der Waals surface area contributed by atoms with Crippen LogP contribution in [0.4, 0.5) is 8.78 Å². The molecule has 0 saturated heterocycles. The Bertz CT molecular complexity index is 424. The van der Waals surface area contributed by atoms with E-state index in [1.165, 1.54) is 18.6 Å². The molecule has 0 fully saturated rings. The molecule has 0 bridgehead atoms. The summed E-state index contributed by atoms with van der Waals surface area (Å²) in [5, 5.41) is 0. The Kier molecular flexibility index (Phi) is 2.18. The minimum atomic E-state index is -0.939. The van der Waals surface area contributed by atoms with E-state index in [2.05, 4.69) is 0 Å². The number of hydrogen-bond donors (Lipinski definition) is 0. The van der Waals surface area contributed by atoms with E-state index in [9.17, 15) is 8.78 Å². The highest BCUT2D eigenvalue weighted by Crippen LogP contribution is 2.22. The molecular weight excluding hydrogens is 190 g/mol. The molecule has 0 radical (unpaired) electrons. The minimum Gasteiger partial charge on any atom is -0.469 e. The van der Waals surface area contributed by atoms with Crippen molar-refractivity contribution in [3.05, 3.63) is 48.4 Å². The molecule has 0 amide bonds. The van der Waals surface area contributed by atoms with Gasteiger partial charge < -0.3 is 9.15 Å². The molecule has 0 saturated carbocycles. The van der Waals surface area contributed by atoms with Crippen molar-refractivity contribution in [3.63, 3.8) is 0 Å². The fraction of sp³-hybridized carbons (Fsp3) is 0. The van der Waals surface area contributed by atoms with Gasteiger partial charge in [-0.3, -0.25) is 0 Å². The van der Waals surface area contributed by atoms with Crippen molar-refractivity contribution in [2.45, 2.75) is 0 Å². The van der Waals surface area contributed by atoms with Gasteiger partial charge in [0.2, 0.25) is 0 Å². The number of rotatable bonds is 2. The van der Waals surface area contributed by atoms with Crippen molar-refractivity contribution in [1.29, 1.82) is 0 Å². The second-order valence-electron chi connectivity index (χ2n) is 2.64. The summed E-state index contributed by atoms with van der Waals surface area (Å²) in [6.07, 6.45) is 2.79. The molecule has 0 unspecified atom stereocenters. The van der Waals surface area contributed by atoms with Crippen LogP contribution in [0.5, 0.6) is 11.5 Å². The Morgan fingerprint density at radius 2 is 1.86 bits per heavy atom. The zero-order valence-corrected chi connectivity index (χ0v) is 7.04. The Morgan fingerprint density at radius 1 is 1.00 bits per heavy atom. The highest BCUT2D eigenvalue weighted by Gasteiger charge is 2.04. The van der Waals surface area contributed by atoms with E-state index >= 15 is 0 Å². The summed E-state index contributed by atoms with van der Waals surface area (Å²) in [5.74, 6) is -1.17. The van der Waals surface area contributed by atoms with Gasteiger partial charge in [-0.2, -0.15) is 0 Å². The number of furan rings is 1. The second-order valence-corrected chi connectivity index (χ2v) is 2.64. The van der Waals surface area contributed by atoms with E-state index in [-0.39, 0.29) is 5.75 Å². The van der Waals surface area contributed by atoms with Crippen molar-refractivity contribution in [2.75, 3.05) is 0 Å². The van der Waals surface area contributed by atoms with Gasteiger partial charge in [0.25, 0.3) is 0 Å². The molecule has 1 aromatic heterocycles. The normalized spacial score (nSPS) is 10.1. The van der Waals surface area contributed by atoms with Gasteiger partial charge in [0.15, 0.2) is 17.4 Å². The second kappa shape index (κ2) is 3.49. The van der Waals surface area contributed by atoms with Crippen LogP contribution in [-0.4, -0.2) is 0 Å². The van der Waals surface area contributed by atoms with Crippen LogP contribution in [0.3, 0.4) is 0 Å². The third kappa shape index (κ3) is 1.74. The molecule has 1 heterocycles. The third-order valence-electron chi connectivity index (χ3n) is 1.62. The largest absolute Gasteiger partial charge is 0.469 e. The first-order valence-corrected chi connectivity index (χ1v) is 3.91. The van der Waals surface area contributed by atoms with Gasteiger partial charge in [-0.15, -0.1) is 0 Å². The van der Waals surface area contributed by atoms with E-state index in [0.29, 0.717) is 5.75 Å². The zero-order valence-electron chi connectivity index (χ0n) is 7.04. The van der Waals surface area contributed by atoms with Crippen LogP contribution < -0.4 is 4.74 Å². The average molecular weight is 196 g/mol. The van der Waals surface area contributed by atoms with Crippen molar-refractivity contribution in [3.8, 4) is 11.5 Å². The molecule has 0 aliphatic carbocycles. The molecule has 14 heavy (non-hydrogen) atoms. The molecular formula is C10H6F2O2. The van der Waals surface area contributed by atoms with Gasteiger partial charge in [0.1, 0.15) is 12.0 Å². The lowest BCUT2D eigenvalue weighted by Crippen LogP contribution is -1.86.